The van der Waals surface area contributed by atoms with E-state index in [0.717, 1.165) is 42.7 Å². The fraction of sp³-hybridized carbons (Fsp3) is 0.321. The van der Waals surface area contributed by atoms with Crippen LogP contribution in [0.15, 0.2) is 78.9 Å². The Bertz CT molecular complexity index is 1010. The zero-order valence-corrected chi connectivity index (χ0v) is 18.9. The molecule has 1 N–H and O–H groups in total. The molecule has 0 radical (unpaired) electrons. The van der Waals surface area contributed by atoms with Gasteiger partial charge in [-0.1, -0.05) is 54.6 Å². The van der Waals surface area contributed by atoms with Crippen molar-refractivity contribution >= 4 is 5.97 Å². The molecule has 172 valence electrons. The molecule has 3 aromatic rings. The van der Waals surface area contributed by atoms with Gasteiger partial charge in [0.1, 0.15) is 23.7 Å². The first-order valence-electron chi connectivity index (χ1n) is 11.4. The number of benzene rings is 3. The summed E-state index contributed by atoms with van der Waals surface area (Å²) in [7, 11) is 1.41. The molecule has 1 saturated carbocycles. The summed E-state index contributed by atoms with van der Waals surface area (Å²) in [5.74, 6) is 0.720. The molecule has 4 rings (SSSR count). The van der Waals surface area contributed by atoms with Gasteiger partial charge in [-0.15, -0.1) is 0 Å². The van der Waals surface area contributed by atoms with Crippen molar-refractivity contribution in [2.75, 3.05) is 7.11 Å². The fourth-order valence-electron chi connectivity index (χ4n) is 4.25. The normalized spacial score (nSPS) is 18.9. The molecule has 0 saturated heterocycles. The number of aliphatic carboxylic acids is 1. The van der Waals surface area contributed by atoms with Gasteiger partial charge in [0, 0.05) is 20.0 Å². The van der Waals surface area contributed by atoms with Crippen LogP contribution in [-0.2, 0) is 16.0 Å². The first kappa shape index (κ1) is 22.9. The molecule has 33 heavy (non-hydrogen) atoms. The number of rotatable bonds is 9. The summed E-state index contributed by atoms with van der Waals surface area (Å²) < 4.78 is 17.5. The number of methoxy groups -OCH3 is 1. The van der Waals surface area contributed by atoms with Crippen LogP contribution in [0, 0.1) is 0 Å². The monoisotopic (exact) mass is 446 g/mol. The lowest BCUT2D eigenvalue weighted by Crippen LogP contribution is -2.32. The topological polar surface area (TPSA) is 65.0 Å². The second kappa shape index (κ2) is 11.0. The molecule has 0 aliphatic heterocycles. The molecule has 2 unspecified atom stereocenters. The van der Waals surface area contributed by atoms with E-state index in [4.69, 9.17) is 19.3 Å². The van der Waals surface area contributed by atoms with Crippen molar-refractivity contribution in [2.24, 2.45) is 0 Å². The molecule has 0 aromatic heterocycles. The fourth-order valence-corrected chi connectivity index (χ4v) is 4.25. The standard InChI is InChI=1S/C28H30O5/c1-31-27(28(29)30)18-20-10-14-23(15-11-20)32-25-8-5-9-26(19-25)33-24-16-12-22(13-17-24)21-6-3-2-4-7-21/h2-4,6-7,10-17,25-27H,5,8-9,18-19H2,1H3,(H,29,30)/t25?,26?,27-/m0/s1. The highest BCUT2D eigenvalue weighted by molar-refractivity contribution is 5.72. The van der Waals surface area contributed by atoms with Crippen LogP contribution in [0.25, 0.3) is 11.1 Å². The Morgan fingerprint density at radius 1 is 0.848 bits per heavy atom. The Labute approximate surface area is 194 Å². The maximum absolute atomic E-state index is 11.1. The predicted octanol–water partition coefficient (Wildman–Crippen LogP) is 5.76. The zero-order valence-electron chi connectivity index (χ0n) is 18.9. The maximum Gasteiger partial charge on any atom is 0.333 e. The largest absolute Gasteiger partial charge is 0.490 e. The van der Waals surface area contributed by atoms with E-state index in [9.17, 15) is 4.79 Å². The van der Waals surface area contributed by atoms with E-state index in [2.05, 4.69) is 24.3 Å². The minimum absolute atomic E-state index is 0.101. The Morgan fingerprint density at radius 2 is 1.39 bits per heavy atom. The average Bonchev–Trinajstić information content (AvgIpc) is 2.84. The van der Waals surface area contributed by atoms with Gasteiger partial charge in [-0.05, 0) is 60.2 Å². The first-order chi connectivity index (χ1) is 16.1. The van der Waals surface area contributed by atoms with Gasteiger partial charge < -0.3 is 19.3 Å². The Hall–Kier alpha value is -3.31. The second-order valence-electron chi connectivity index (χ2n) is 8.45. The molecule has 1 fully saturated rings. The van der Waals surface area contributed by atoms with E-state index in [-0.39, 0.29) is 12.2 Å². The van der Waals surface area contributed by atoms with E-state index in [1.54, 1.807) is 0 Å². The molecule has 3 atom stereocenters. The molecule has 5 heteroatoms. The third-order valence-corrected chi connectivity index (χ3v) is 6.05. The van der Waals surface area contributed by atoms with Crippen molar-refractivity contribution in [3.63, 3.8) is 0 Å². The Kier molecular flexibility index (Phi) is 7.63. The van der Waals surface area contributed by atoms with Crippen molar-refractivity contribution in [3.05, 3.63) is 84.4 Å². The highest BCUT2D eigenvalue weighted by Crippen LogP contribution is 2.29. The summed E-state index contributed by atoms with van der Waals surface area (Å²) in [5.41, 5.74) is 3.28. The minimum atomic E-state index is -0.958. The van der Waals surface area contributed by atoms with Crippen molar-refractivity contribution < 1.29 is 24.1 Å². The summed E-state index contributed by atoms with van der Waals surface area (Å²) in [6.07, 6.45) is 3.64. The SMILES string of the molecule is CO[C@@H](Cc1ccc(OC2CCCC(Oc3ccc(-c4ccccc4)cc3)C2)cc1)C(=O)O. The predicted molar refractivity (Wildman–Crippen MR) is 128 cm³/mol. The van der Waals surface area contributed by atoms with Crippen molar-refractivity contribution in [2.45, 2.75) is 50.4 Å². The highest BCUT2D eigenvalue weighted by atomic mass is 16.5. The zero-order chi connectivity index (χ0) is 23.0. The van der Waals surface area contributed by atoms with Gasteiger partial charge in [0.15, 0.2) is 6.10 Å². The lowest BCUT2D eigenvalue weighted by Gasteiger charge is -2.30. The summed E-state index contributed by atoms with van der Waals surface area (Å²) in [4.78, 5) is 11.1. The smallest absolute Gasteiger partial charge is 0.333 e. The summed E-state index contributed by atoms with van der Waals surface area (Å²) in [6, 6.07) is 26.2. The van der Waals surface area contributed by atoms with Gasteiger partial charge >= 0.3 is 5.97 Å². The molecule has 0 bridgehead atoms. The maximum atomic E-state index is 11.1. The molecular formula is C28H30O5. The van der Waals surface area contributed by atoms with Gasteiger partial charge in [0.2, 0.25) is 0 Å². The van der Waals surface area contributed by atoms with Crippen LogP contribution in [0.2, 0.25) is 0 Å². The van der Waals surface area contributed by atoms with Crippen LogP contribution in [0.1, 0.15) is 31.2 Å². The molecule has 5 nitrogen and oxygen atoms in total. The average molecular weight is 447 g/mol. The van der Waals surface area contributed by atoms with E-state index >= 15 is 0 Å². The van der Waals surface area contributed by atoms with E-state index in [0.29, 0.717) is 6.42 Å². The van der Waals surface area contributed by atoms with Crippen molar-refractivity contribution in [3.8, 4) is 22.6 Å². The number of hydrogen-bond donors (Lipinski definition) is 1. The molecule has 0 heterocycles. The van der Waals surface area contributed by atoms with E-state index in [1.165, 1.54) is 18.2 Å². The summed E-state index contributed by atoms with van der Waals surface area (Å²) in [5, 5.41) is 9.14. The van der Waals surface area contributed by atoms with Crippen LogP contribution in [-0.4, -0.2) is 36.5 Å². The molecule has 3 aromatic carbocycles. The lowest BCUT2D eigenvalue weighted by molar-refractivity contribution is -0.148. The van der Waals surface area contributed by atoms with E-state index in [1.807, 2.05) is 54.6 Å². The van der Waals surface area contributed by atoms with Crippen LogP contribution in [0.5, 0.6) is 11.5 Å². The van der Waals surface area contributed by atoms with Crippen LogP contribution in [0.3, 0.4) is 0 Å². The van der Waals surface area contributed by atoms with Crippen LogP contribution < -0.4 is 9.47 Å². The van der Waals surface area contributed by atoms with Gasteiger partial charge in [-0.3, -0.25) is 0 Å². The first-order valence-corrected chi connectivity index (χ1v) is 11.4. The summed E-state index contributed by atoms with van der Waals surface area (Å²) in [6.45, 7) is 0. The van der Waals surface area contributed by atoms with Crippen LogP contribution in [0.4, 0.5) is 0 Å². The molecule has 1 aliphatic carbocycles. The van der Waals surface area contributed by atoms with Crippen molar-refractivity contribution in [1.82, 2.24) is 0 Å². The lowest BCUT2D eigenvalue weighted by atomic mass is 9.94. The third kappa shape index (κ3) is 6.36. The third-order valence-electron chi connectivity index (χ3n) is 6.05. The van der Waals surface area contributed by atoms with Gasteiger partial charge in [0.25, 0.3) is 0 Å². The van der Waals surface area contributed by atoms with Gasteiger partial charge in [-0.2, -0.15) is 0 Å². The molecule has 1 aliphatic rings. The molecular weight excluding hydrogens is 416 g/mol. The number of ether oxygens (including phenoxy) is 3. The number of carbonyl (C=O) groups is 1. The summed E-state index contributed by atoms with van der Waals surface area (Å²) >= 11 is 0. The van der Waals surface area contributed by atoms with E-state index < -0.39 is 12.1 Å². The number of carboxylic acid groups (broad SMARTS) is 1. The molecule has 0 spiro atoms. The van der Waals surface area contributed by atoms with Crippen LogP contribution >= 0.6 is 0 Å². The quantitative estimate of drug-likeness (QED) is 0.452. The van der Waals surface area contributed by atoms with Crippen molar-refractivity contribution in [1.29, 1.82) is 0 Å². The van der Waals surface area contributed by atoms with Gasteiger partial charge in [0.05, 0.1) is 0 Å². The highest BCUT2D eigenvalue weighted by Gasteiger charge is 2.25. The second-order valence-corrected chi connectivity index (χ2v) is 8.45. The number of carboxylic acids is 1. The van der Waals surface area contributed by atoms with Gasteiger partial charge in [-0.25, -0.2) is 4.79 Å². The Morgan fingerprint density at radius 3 is 1.94 bits per heavy atom. The molecule has 0 amide bonds. The minimum Gasteiger partial charge on any atom is -0.490 e. The number of hydrogen-bond acceptors (Lipinski definition) is 4. The Balaban J connectivity index is 1.30.